The number of aromatic nitrogens is 2. The number of aliphatic hydroxyl groups is 1. The molecule has 3 rings (SSSR count). The molecule has 0 aliphatic heterocycles. The number of rotatable bonds is 5. The maximum Gasteiger partial charge on any atom is 0.182 e. The summed E-state index contributed by atoms with van der Waals surface area (Å²) in [5.74, 6) is 0.779. The van der Waals surface area contributed by atoms with Crippen LogP contribution in [0, 0.1) is 0 Å². The molecule has 2 aromatic carbocycles. The van der Waals surface area contributed by atoms with E-state index < -0.39 is 0 Å². The van der Waals surface area contributed by atoms with Crippen LogP contribution in [0.3, 0.4) is 0 Å². The first-order valence-electron chi connectivity index (χ1n) is 6.93. The second-order valence-electron chi connectivity index (χ2n) is 4.87. The van der Waals surface area contributed by atoms with Crippen LogP contribution in [0.5, 0.6) is 0 Å². The second-order valence-corrected chi connectivity index (χ2v) is 4.87. The zero-order valence-electron chi connectivity index (χ0n) is 11.6. The van der Waals surface area contributed by atoms with Crippen molar-refractivity contribution in [2.45, 2.75) is 13.0 Å². The fraction of sp³-hybridized carbons (Fsp3) is 0.176. The molecule has 0 atom stereocenters. The van der Waals surface area contributed by atoms with E-state index in [1.807, 2.05) is 59.2 Å². The number of benzene rings is 2. The third-order valence-electron chi connectivity index (χ3n) is 3.47. The van der Waals surface area contributed by atoms with Gasteiger partial charge >= 0.3 is 0 Å². The number of imidazole rings is 1. The Balaban J connectivity index is 1.99. The minimum Gasteiger partial charge on any atom is -0.396 e. The Kier molecular flexibility index (Phi) is 3.79. The number of hydrogen-bond donors (Lipinski definition) is 1. The molecule has 106 valence electrons. The van der Waals surface area contributed by atoms with Crippen LogP contribution in [0.25, 0.3) is 11.0 Å². The van der Waals surface area contributed by atoms with Crippen molar-refractivity contribution in [3.63, 3.8) is 0 Å². The molecule has 21 heavy (non-hydrogen) atoms. The number of hydrogen-bond acceptors (Lipinski definition) is 3. The van der Waals surface area contributed by atoms with Gasteiger partial charge in [-0.05, 0) is 12.1 Å². The molecule has 0 unspecified atom stereocenters. The van der Waals surface area contributed by atoms with E-state index >= 15 is 0 Å². The molecule has 4 heteroatoms. The van der Waals surface area contributed by atoms with Crippen LogP contribution >= 0.6 is 0 Å². The van der Waals surface area contributed by atoms with Crippen molar-refractivity contribution in [3.8, 4) is 0 Å². The van der Waals surface area contributed by atoms with Crippen LogP contribution in [-0.2, 0) is 13.0 Å². The lowest BCUT2D eigenvalue weighted by molar-refractivity contribution is 0.0972. The fourth-order valence-electron chi connectivity index (χ4n) is 2.45. The molecule has 4 nitrogen and oxygen atoms in total. The van der Waals surface area contributed by atoms with Gasteiger partial charge in [-0.1, -0.05) is 42.5 Å². The second kappa shape index (κ2) is 5.89. The lowest BCUT2D eigenvalue weighted by Crippen LogP contribution is -2.14. The highest BCUT2D eigenvalue weighted by Crippen LogP contribution is 2.17. The maximum atomic E-state index is 12.4. The average Bonchev–Trinajstić information content (AvgIpc) is 2.86. The quantitative estimate of drug-likeness (QED) is 0.730. The first-order chi connectivity index (χ1) is 10.3. The third kappa shape index (κ3) is 2.71. The summed E-state index contributed by atoms with van der Waals surface area (Å²) >= 11 is 0. The minimum atomic E-state index is 0.0167. The van der Waals surface area contributed by atoms with Crippen molar-refractivity contribution in [2.75, 3.05) is 6.61 Å². The Labute approximate surface area is 122 Å². The predicted molar refractivity (Wildman–Crippen MR) is 81.3 cm³/mol. The molecule has 0 aliphatic rings. The van der Waals surface area contributed by atoms with E-state index in [9.17, 15) is 9.90 Å². The Morgan fingerprint density at radius 2 is 1.76 bits per heavy atom. The zero-order chi connectivity index (χ0) is 14.7. The van der Waals surface area contributed by atoms with Gasteiger partial charge < -0.3 is 9.67 Å². The summed E-state index contributed by atoms with van der Waals surface area (Å²) in [6.07, 6.45) is 0.441. The van der Waals surface area contributed by atoms with Gasteiger partial charge in [-0.2, -0.15) is 0 Å². The number of fused-ring (bicyclic) bond motifs is 1. The molecule has 0 saturated carbocycles. The Bertz CT molecular complexity index is 763. The standard InChI is InChI=1S/C17H16N2O2/c20-11-10-17-18-14-8-4-5-9-15(14)19(17)12-16(21)13-6-2-1-3-7-13/h1-9,20H,10-12H2. The molecule has 1 N–H and O–H groups in total. The molecule has 1 heterocycles. The van der Waals surface area contributed by atoms with Crippen LogP contribution in [0.1, 0.15) is 16.2 Å². The molecule has 0 aliphatic carbocycles. The Morgan fingerprint density at radius 3 is 2.52 bits per heavy atom. The molecule has 3 aromatic rings. The summed E-state index contributed by atoms with van der Waals surface area (Å²) in [6, 6.07) is 16.9. The molecule has 0 saturated heterocycles. The molecule has 0 spiro atoms. The topological polar surface area (TPSA) is 55.1 Å². The van der Waals surface area contributed by atoms with Gasteiger partial charge in [-0.3, -0.25) is 4.79 Å². The van der Waals surface area contributed by atoms with Crippen LogP contribution in [0.2, 0.25) is 0 Å². The van der Waals surface area contributed by atoms with E-state index in [-0.39, 0.29) is 18.9 Å². The molecule has 0 amide bonds. The summed E-state index contributed by atoms with van der Waals surface area (Å²) in [7, 11) is 0. The van der Waals surface area contributed by atoms with E-state index in [0.29, 0.717) is 12.0 Å². The van der Waals surface area contributed by atoms with Crippen LogP contribution in [0.4, 0.5) is 0 Å². The van der Waals surface area contributed by atoms with Crippen LogP contribution < -0.4 is 0 Å². The molecular formula is C17H16N2O2. The van der Waals surface area contributed by atoms with E-state index in [2.05, 4.69) is 4.98 Å². The maximum absolute atomic E-state index is 12.4. The molecule has 0 radical (unpaired) electrons. The Morgan fingerprint density at radius 1 is 1.05 bits per heavy atom. The van der Waals surface area contributed by atoms with Gasteiger partial charge in [0.2, 0.25) is 0 Å². The summed E-state index contributed by atoms with van der Waals surface area (Å²) < 4.78 is 1.89. The van der Waals surface area contributed by atoms with E-state index in [0.717, 1.165) is 16.9 Å². The van der Waals surface area contributed by atoms with Crippen molar-refractivity contribution < 1.29 is 9.90 Å². The van der Waals surface area contributed by atoms with Crippen LogP contribution in [0.15, 0.2) is 54.6 Å². The number of carbonyl (C=O) groups excluding carboxylic acids is 1. The van der Waals surface area contributed by atoms with Gasteiger partial charge in [0.15, 0.2) is 5.78 Å². The van der Waals surface area contributed by atoms with Gasteiger partial charge in [0.25, 0.3) is 0 Å². The van der Waals surface area contributed by atoms with Gasteiger partial charge in [-0.15, -0.1) is 0 Å². The van der Waals surface area contributed by atoms with Crippen molar-refractivity contribution in [1.82, 2.24) is 9.55 Å². The van der Waals surface area contributed by atoms with Crippen molar-refractivity contribution in [3.05, 3.63) is 66.0 Å². The fourth-order valence-corrected chi connectivity index (χ4v) is 2.45. The van der Waals surface area contributed by atoms with Crippen molar-refractivity contribution in [1.29, 1.82) is 0 Å². The predicted octanol–water partition coefficient (Wildman–Crippen LogP) is 2.45. The Hall–Kier alpha value is -2.46. The number of Topliss-reactive ketones (excluding diaryl/α,β-unsaturated/α-hetero) is 1. The smallest absolute Gasteiger partial charge is 0.182 e. The molecule has 1 aromatic heterocycles. The van der Waals surface area contributed by atoms with Crippen molar-refractivity contribution in [2.24, 2.45) is 0 Å². The highest BCUT2D eigenvalue weighted by molar-refractivity contribution is 5.96. The first kappa shape index (κ1) is 13.5. The van der Waals surface area contributed by atoms with E-state index in [4.69, 9.17) is 0 Å². The highest BCUT2D eigenvalue weighted by atomic mass is 16.3. The number of nitrogens with zero attached hydrogens (tertiary/aromatic N) is 2. The van der Waals surface area contributed by atoms with Gasteiger partial charge in [0.1, 0.15) is 5.82 Å². The number of ketones is 1. The average molecular weight is 280 g/mol. The summed E-state index contributed by atoms with van der Waals surface area (Å²) in [4.78, 5) is 16.9. The van der Waals surface area contributed by atoms with Gasteiger partial charge in [0.05, 0.1) is 24.2 Å². The highest BCUT2D eigenvalue weighted by Gasteiger charge is 2.14. The lowest BCUT2D eigenvalue weighted by Gasteiger charge is -2.08. The van der Waals surface area contributed by atoms with Crippen molar-refractivity contribution >= 4 is 16.8 Å². The van der Waals surface area contributed by atoms with Gasteiger partial charge in [-0.25, -0.2) is 4.98 Å². The normalized spacial score (nSPS) is 10.9. The number of para-hydroxylation sites is 2. The minimum absolute atomic E-state index is 0.0167. The van der Waals surface area contributed by atoms with E-state index in [1.54, 1.807) is 0 Å². The molecule has 0 fully saturated rings. The SMILES string of the molecule is O=C(Cn1c(CCO)nc2ccccc21)c1ccccc1. The third-order valence-corrected chi connectivity index (χ3v) is 3.47. The zero-order valence-corrected chi connectivity index (χ0v) is 11.6. The monoisotopic (exact) mass is 280 g/mol. The lowest BCUT2D eigenvalue weighted by atomic mass is 10.1. The summed E-state index contributed by atoms with van der Waals surface area (Å²) in [6.45, 7) is 0.253. The van der Waals surface area contributed by atoms with E-state index in [1.165, 1.54) is 0 Å². The van der Waals surface area contributed by atoms with Crippen LogP contribution in [-0.4, -0.2) is 27.0 Å². The largest absolute Gasteiger partial charge is 0.396 e. The molecule has 0 bridgehead atoms. The summed E-state index contributed by atoms with van der Waals surface area (Å²) in [5.41, 5.74) is 2.46. The first-order valence-corrected chi connectivity index (χ1v) is 6.93. The summed E-state index contributed by atoms with van der Waals surface area (Å²) in [5, 5.41) is 9.18. The number of aliphatic hydroxyl groups excluding tert-OH is 1. The number of carbonyl (C=O) groups is 1. The van der Waals surface area contributed by atoms with Gasteiger partial charge in [0, 0.05) is 12.0 Å². The molecular weight excluding hydrogens is 264 g/mol.